The minimum absolute atomic E-state index is 0.158. The summed E-state index contributed by atoms with van der Waals surface area (Å²) in [5.74, 6) is -1.02. The number of aromatic carboxylic acids is 1. The van der Waals surface area contributed by atoms with E-state index >= 15 is 0 Å². The van der Waals surface area contributed by atoms with Gasteiger partial charge in [0.1, 0.15) is 15.5 Å². The second kappa shape index (κ2) is 10.0. The second-order valence-corrected chi connectivity index (χ2v) is 12.8. The molecule has 40 heavy (non-hydrogen) atoms. The molecule has 3 N–H and O–H groups in total. The summed E-state index contributed by atoms with van der Waals surface area (Å²) < 4.78 is 23.7. The molecule has 0 bridgehead atoms. The molecular formula is C30H28N4O5S. The van der Waals surface area contributed by atoms with E-state index in [0.29, 0.717) is 35.1 Å². The average Bonchev–Trinajstić information content (AvgIpc) is 3.38. The number of likely N-dealkylation sites (tertiary alicyclic amines) is 1. The van der Waals surface area contributed by atoms with Gasteiger partial charge in [-0.2, -0.15) is 0 Å². The minimum Gasteiger partial charge on any atom is -0.478 e. The molecule has 6 rings (SSSR count). The van der Waals surface area contributed by atoms with Crippen molar-refractivity contribution in [3.05, 3.63) is 88.3 Å². The predicted molar refractivity (Wildman–Crippen MR) is 155 cm³/mol. The number of hydrogen-bond acceptors (Lipinski definition) is 6. The Kier molecular flexibility index (Phi) is 6.52. The first-order valence-corrected chi connectivity index (χ1v) is 15.0. The molecule has 1 aliphatic rings. The summed E-state index contributed by atoms with van der Waals surface area (Å²) in [6.45, 7) is 2.32. The molecule has 1 aliphatic heterocycles. The van der Waals surface area contributed by atoms with E-state index in [9.17, 15) is 23.1 Å². The van der Waals surface area contributed by atoms with E-state index < -0.39 is 15.8 Å². The Morgan fingerprint density at radius 1 is 0.975 bits per heavy atom. The van der Waals surface area contributed by atoms with Crippen LogP contribution in [0.4, 0.5) is 0 Å². The monoisotopic (exact) mass is 556 g/mol. The molecule has 3 aromatic heterocycles. The number of pyridine rings is 2. The minimum atomic E-state index is -2.98. The second-order valence-electron chi connectivity index (χ2n) is 10.4. The third-order valence-electron chi connectivity index (χ3n) is 7.74. The van der Waals surface area contributed by atoms with Gasteiger partial charge in [-0.1, -0.05) is 36.4 Å². The van der Waals surface area contributed by atoms with Crippen molar-refractivity contribution in [3.63, 3.8) is 0 Å². The van der Waals surface area contributed by atoms with Gasteiger partial charge in [0.25, 0.3) is 5.56 Å². The Morgan fingerprint density at radius 3 is 2.30 bits per heavy atom. The van der Waals surface area contributed by atoms with Crippen molar-refractivity contribution >= 4 is 37.7 Å². The van der Waals surface area contributed by atoms with E-state index in [4.69, 9.17) is 0 Å². The molecule has 0 amide bonds. The number of rotatable bonds is 6. The molecule has 0 aliphatic carbocycles. The maximum Gasteiger partial charge on any atom is 0.335 e. The van der Waals surface area contributed by atoms with Gasteiger partial charge >= 0.3 is 5.97 Å². The molecule has 1 saturated heterocycles. The smallest absolute Gasteiger partial charge is 0.335 e. The lowest BCUT2D eigenvalue weighted by molar-refractivity contribution is 0.0697. The first-order valence-electron chi connectivity index (χ1n) is 13.0. The lowest BCUT2D eigenvalue weighted by Crippen LogP contribution is -2.38. The highest BCUT2D eigenvalue weighted by Gasteiger charge is 2.26. The Morgan fingerprint density at radius 2 is 1.65 bits per heavy atom. The van der Waals surface area contributed by atoms with Gasteiger partial charge in [-0.05, 0) is 66.9 Å². The van der Waals surface area contributed by atoms with Crippen LogP contribution in [0.3, 0.4) is 0 Å². The topological polar surface area (TPSA) is 136 Å². The summed E-state index contributed by atoms with van der Waals surface area (Å²) >= 11 is 0. The Balaban J connectivity index is 1.26. The summed E-state index contributed by atoms with van der Waals surface area (Å²) in [5, 5.41) is 10.6. The number of carboxylic acid groups (broad SMARTS) is 1. The molecule has 10 heteroatoms. The molecule has 2 aromatic carbocycles. The molecule has 4 heterocycles. The summed E-state index contributed by atoms with van der Waals surface area (Å²) in [5.41, 5.74) is 5.33. The van der Waals surface area contributed by atoms with Crippen molar-refractivity contribution in [2.75, 3.05) is 19.3 Å². The fourth-order valence-corrected chi connectivity index (χ4v) is 6.52. The number of carboxylic acids is 1. The zero-order valence-corrected chi connectivity index (χ0v) is 22.7. The molecular weight excluding hydrogens is 528 g/mol. The number of aromatic nitrogens is 3. The number of carbonyl (C=O) groups is 1. The largest absolute Gasteiger partial charge is 0.478 e. The van der Waals surface area contributed by atoms with Crippen LogP contribution in [0.2, 0.25) is 0 Å². The van der Waals surface area contributed by atoms with Crippen LogP contribution in [0, 0.1) is 0 Å². The quantitative estimate of drug-likeness (QED) is 0.281. The Hall–Kier alpha value is -4.28. The van der Waals surface area contributed by atoms with Crippen molar-refractivity contribution < 1.29 is 18.3 Å². The van der Waals surface area contributed by atoms with Gasteiger partial charge < -0.3 is 15.1 Å². The summed E-state index contributed by atoms with van der Waals surface area (Å²) in [6, 6.07) is 18.4. The highest BCUT2D eigenvalue weighted by atomic mass is 32.2. The van der Waals surface area contributed by atoms with Crippen LogP contribution in [-0.4, -0.2) is 63.9 Å². The van der Waals surface area contributed by atoms with Crippen LogP contribution >= 0.6 is 0 Å². The van der Waals surface area contributed by atoms with E-state index in [2.05, 4.69) is 44.1 Å². The van der Waals surface area contributed by atoms with Gasteiger partial charge in [0.05, 0.1) is 22.5 Å². The van der Waals surface area contributed by atoms with Gasteiger partial charge in [-0.25, -0.2) is 18.2 Å². The fourth-order valence-electron chi connectivity index (χ4n) is 5.45. The molecule has 204 valence electrons. The number of nitrogens with zero attached hydrogens (tertiary/aromatic N) is 2. The number of hydrogen-bond donors (Lipinski definition) is 3. The average molecular weight is 557 g/mol. The summed E-state index contributed by atoms with van der Waals surface area (Å²) in [4.78, 5) is 37.1. The Bertz CT molecular complexity index is 1900. The first-order chi connectivity index (χ1) is 19.2. The van der Waals surface area contributed by atoms with Crippen LogP contribution in [0.25, 0.3) is 44.3 Å². The van der Waals surface area contributed by atoms with Crippen molar-refractivity contribution in [2.45, 2.75) is 24.6 Å². The maximum atomic E-state index is 12.8. The van der Waals surface area contributed by atoms with E-state index in [-0.39, 0.29) is 16.4 Å². The van der Waals surface area contributed by atoms with Gasteiger partial charge in [0.15, 0.2) is 0 Å². The molecule has 1 fully saturated rings. The van der Waals surface area contributed by atoms with Crippen LogP contribution in [0.5, 0.6) is 0 Å². The molecule has 0 radical (unpaired) electrons. The highest BCUT2D eigenvalue weighted by molar-refractivity contribution is 7.91. The van der Waals surface area contributed by atoms with Crippen LogP contribution in [0.1, 0.15) is 28.8 Å². The summed E-state index contributed by atoms with van der Waals surface area (Å²) in [6.07, 6.45) is 4.31. The standard InChI is InChI=1S/C30H28N4O5S/c1-40(38,39)22-10-12-34(13-11-22)17-18-2-4-20(5-3-18)26-15-25-24-14-23(19-6-8-21(9-7-19)30(36)37)29(35)33-27(24)16-31-28(25)32-26/h2-9,14-16,22H,10-13,17H2,1H3,(H,31,32)(H,33,35)(H,36,37). The highest BCUT2D eigenvalue weighted by Crippen LogP contribution is 2.30. The third-order valence-corrected chi connectivity index (χ3v) is 9.42. The van der Waals surface area contributed by atoms with Crippen LogP contribution in [0.15, 0.2) is 71.7 Å². The van der Waals surface area contributed by atoms with Crippen molar-refractivity contribution in [1.29, 1.82) is 0 Å². The number of H-pyrrole nitrogens is 2. The fraction of sp³-hybridized carbons (Fsp3) is 0.233. The number of nitrogens with one attached hydrogen (secondary N) is 2. The zero-order valence-electron chi connectivity index (χ0n) is 21.8. The number of piperidine rings is 1. The van der Waals surface area contributed by atoms with E-state index in [0.717, 1.165) is 47.2 Å². The third kappa shape index (κ3) is 5.03. The normalized spacial score (nSPS) is 15.1. The molecule has 0 unspecified atom stereocenters. The maximum absolute atomic E-state index is 12.8. The van der Waals surface area contributed by atoms with Crippen LogP contribution < -0.4 is 5.56 Å². The van der Waals surface area contributed by atoms with E-state index in [1.807, 2.05) is 12.1 Å². The van der Waals surface area contributed by atoms with E-state index in [1.54, 1.807) is 18.3 Å². The van der Waals surface area contributed by atoms with Gasteiger partial charge in [-0.15, -0.1) is 0 Å². The van der Waals surface area contributed by atoms with Gasteiger partial charge in [-0.3, -0.25) is 9.69 Å². The SMILES string of the molecule is CS(=O)(=O)C1CCN(Cc2ccc(-c3cc4c(ncc5[nH]c(=O)c(-c6ccc(C(=O)O)cc6)cc54)[nH]3)cc2)CC1. The van der Waals surface area contributed by atoms with Crippen molar-refractivity contribution in [1.82, 2.24) is 19.9 Å². The van der Waals surface area contributed by atoms with Crippen LogP contribution in [-0.2, 0) is 16.4 Å². The number of aromatic amines is 2. The van der Waals surface area contributed by atoms with Crippen molar-refractivity contribution in [2.24, 2.45) is 0 Å². The molecule has 0 atom stereocenters. The molecule has 0 saturated carbocycles. The number of sulfone groups is 1. The Labute approximate surface area is 230 Å². The molecule has 9 nitrogen and oxygen atoms in total. The number of benzene rings is 2. The molecule has 5 aromatic rings. The lowest BCUT2D eigenvalue weighted by atomic mass is 10.0. The number of fused-ring (bicyclic) bond motifs is 3. The summed E-state index contributed by atoms with van der Waals surface area (Å²) in [7, 11) is -2.98. The first kappa shape index (κ1) is 26.0. The zero-order chi connectivity index (χ0) is 28.0. The lowest BCUT2D eigenvalue weighted by Gasteiger charge is -2.31. The van der Waals surface area contributed by atoms with Gasteiger partial charge in [0.2, 0.25) is 0 Å². The molecule has 0 spiro atoms. The predicted octanol–water partition coefficient (Wildman–Crippen LogP) is 4.45. The van der Waals surface area contributed by atoms with Crippen molar-refractivity contribution in [3.8, 4) is 22.4 Å². The van der Waals surface area contributed by atoms with E-state index in [1.165, 1.54) is 18.4 Å². The van der Waals surface area contributed by atoms with Gasteiger partial charge in [0, 0.05) is 34.8 Å².